The predicted molar refractivity (Wildman–Crippen MR) is 92.8 cm³/mol. The van der Waals surface area contributed by atoms with Gasteiger partial charge in [-0.25, -0.2) is 4.98 Å². The molecule has 1 unspecified atom stereocenters. The van der Waals surface area contributed by atoms with Gasteiger partial charge in [0.2, 0.25) is 0 Å². The Kier molecular flexibility index (Phi) is 6.21. The van der Waals surface area contributed by atoms with Crippen LogP contribution in [0.3, 0.4) is 0 Å². The number of aryl methyl sites for hydroxylation is 1. The summed E-state index contributed by atoms with van der Waals surface area (Å²) in [6, 6.07) is 4.78. The van der Waals surface area contributed by atoms with Crippen molar-refractivity contribution in [1.82, 2.24) is 10.3 Å². The molecule has 0 radical (unpaired) electrons. The Morgan fingerprint density at radius 1 is 1.19 bits per heavy atom. The first kappa shape index (κ1) is 18.0. The van der Waals surface area contributed by atoms with Crippen LogP contribution in [-0.4, -0.2) is 24.6 Å². The molecule has 0 saturated carbocycles. The van der Waals surface area contributed by atoms with Crippen molar-refractivity contribution >= 4 is 5.82 Å². The second-order valence-corrected chi connectivity index (χ2v) is 7.59. The normalized spacial score (nSPS) is 13.6. The zero-order chi connectivity index (χ0) is 16.2. The molecular weight excluding hydrogens is 258 g/mol. The molecule has 0 aliphatic carbocycles. The summed E-state index contributed by atoms with van der Waals surface area (Å²) in [5.41, 5.74) is 2.65. The Hall–Kier alpha value is -1.09. The quantitative estimate of drug-likeness (QED) is 0.858. The molecule has 3 heteroatoms. The zero-order valence-electron chi connectivity index (χ0n) is 15.1. The highest BCUT2D eigenvalue weighted by atomic mass is 15.2. The molecule has 0 aromatic carbocycles. The van der Waals surface area contributed by atoms with E-state index >= 15 is 0 Å². The number of pyridine rings is 1. The van der Waals surface area contributed by atoms with E-state index in [9.17, 15) is 0 Å². The Balaban J connectivity index is 2.77. The molecule has 1 heterocycles. The minimum absolute atomic E-state index is 0.238. The van der Waals surface area contributed by atoms with Crippen LogP contribution in [0.1, 0.15) is 52.8 Å². The highest BCUT2D eigenvalue weighted by Crippen LogP contribution is 2.26. The lowest BCUT2D eigenvalue weighted by Crippen LogP contribution is -2.39. The van der Waals surface area contributed by atoms with E-state index in [0.29, 0.717) is 12.0 Å². The van der Waals surface area contributed by atoms with Crippen molar-refractivity contribution in [3.63, 3.8) is 0 Å². The fourth-order valence-corrected chi connectivity index (χ4v) is 2.23. The molecule has 1 atom stereocenters. The third-order valence-corrected chi connectivity index (χ3v) is 4.24. The average molecular weight is 291 g/mol. The number of anilines is 1. The maximum Gasteiger partial charge on any atom is 0.128 e. The SMILES string of the molecule is Cc1nc(N(C)C(C)C(C)(C)C)ccc1CNCC(C)C. The lowest BCUT2D eigenvalue weighted by atomic mass is 9.87. The van der Waals surface area contributed by atoms with Crippen molar-refractivity contribution < 1.29 is 0 Å². The average Bonchev–Trinajstić information content (AvgIpc) is 2.37. The Bertz CT molecular complexity index is 446. The van der Waals surface area contributed by atoms with Crippen molar-refractivity contribution in [3.05, 3.63) is 23.4 Å². The molecule has 1 rings (SSSR count). The van der Waals surface area contributed by atoms with Gasteiger partial charge in [0.05, 0.1) is 0 Å². The number of nitrogens with zero attached hydrogens (tertiary/aromatic N) is 2. The summed E-state index contributed by atoms with van der Waals surface area (Å²) >= 11 is 0. The molecule has 1 aromatic rings. The van der Waals surface area contributed by atoms with Gasteiger partial charge in [-0.3, -0.25) is 0 Å². The highest BCUT2D eigenvalue weighted by molar-refractivity contribution is 5.42. The van der Waals surface area contributed by atoms with E-state index in [0.717, 1.165) is 24.6 Å². The van der Waals surface area contributed by atoms with E-state index in [-0.39, 0.29) is 5.41 Å². The van der Waals surface area contributed by atoms with Crippen molar-refractivity contribution in [2.45, 2.75) is 61.1 Å². The van der Waals surface area contributed by atoms with Gasteiger partial charge < -0.3 is 10.2 Å². The van der Waals surface area contributed by atoms with Crippen LogP contribution in [0.2, 0.25) is 0 Å². The maximum absolute atomic E-state index is 4.79. The molecule has 0 fully saturated rings. The van der Waals surface area contributed by atoms with Crippen molar-refractivity contribution in [2.75, 3.05) is 18.5 Å². The second-order valence-electron chi connectivity index (χ2n) is 7.59. The van der Waals surface area contributed by atoms with Crippen LogP contribution in [-0.2, 0) is 6.54 Å². The van der Waals surface area contributed by atoms with E-state index in [4.69, 9.17) is 4.98 Å². The Morgan fingerprint density at radius 2 is 1.81 bits per heavy atom. The molecule has 1 N–H and O–H groups in total. The number of hydrogen-bond donors (Lipinski definition) is 1. The van der Waals surface area contributed by atoms with Gasteiger partial charge in [0.15, 0.2) is 0 Å². The summed E-state index contributed by atoms with van der Waals surface area (Å²) in [7, 11) is 2.13. The van der Waals surface area contributed by atoms with E-state index < -0.39 is 0 Å². The van der Waals surface area contributed by atoms with Gasteiger partial charge >= 0.3 is 0 Å². The van der Waals surface area contributed by atoms with Crippen molar-refractivity contribution in [1.29, 1.82) is 0 Å². The molecule has 1 aromatic heterocycles. The van der Waals surface area contributed by atoms with Crippen LogP contribution in [0.15, 0.2) is 12.1 Å². The van der Waals surface area contributed by atoms with Crippen molar-refractivity contribution in [3.8, 4) is 0 Å². The molecule has 0 aliphatic rings. The Morgan fingerprint density at radius 3 is 2.29 bits per heavy atom. The first-order valence-electron chi connectivity index (χ1n) is 8.03. The van der Waals surface area contributed by atoms with Gasteiger partial charge in [-0.2, -0.15) is 0 Å². The zero-order valence-corrected chi connectivity index (χ0v) is 15.1. The van der Waals surface area contributed by atoms with E-state index in [1.54, 1.807) is 0 Å². The van der Waals surface area contributed by atoms with E-state index in [1.807, 2.05) is 0 Å². The maximum atomic E-state index is 4.79. The third kappa shape index (κ3) is 5.31. The topological polar surface area (TPSA) is 28.2 Å². The van der Waals surface area contributed by atoms with Crippen LogP contribution >= 0.6 is 0 Å². The minimum Gasteiger partial charge on any atom is -0.356 e. The van der Waals surface area contributed by atoms with E-state index in [2.05, 4.69) is 77.9 Å². The standard InChI is InChI=1S/C18H33N3/c1-13(2)11-19-12-16-9-10-17(20-14(16)3)21(8)15(4)18(5,6)7/h9-10,13,15,19H,11-12H2,1-8H3. The number of hydrogen-bond acceptors (Lipinski definition) is 3. The fourth-order valence-electron chi connectivity index (χ4n) is 2.23. The van der Waals surface area contributed by atoms with Gasteiger partial charge in [0, 0.05) is 25.3 Å². The van der Waals surface area contributed by atoms with Gasteiger partial charge in [0.25, 0.3) is 0 Å². The van der Waals surface area contributed by atoms with E-state index in [1.165, 1.54) is 5.56 Å². The van der Waals surface area contributed by atoms with Gasteiger partial charge in [-0.1, -0.05) is 40.7 Å². The fraction of sp³-hybridized carbons (Fsp3) is 0.722. The molecule has 0 amide bonds. The first-order chi connectivity index (χ1) is 9.62. The third-order valence-electron chi connectivity index (χ3n) is 4.24. The van der Waals surface area contributed by atoms with Crippen LogP contribution < -0.4 is 10.2 Å². The summed E-state index contributed by atoms with van der Waals surface area (Å²) in [6.07, 6.45) is 0. The smallest absolute Gasteiger partial charge is 0.128 e. The van der Waals surface area contributed by atoms with Crippen LogP contribution in [0, 0.1) is 18.3 Å². The highest BCUT2D eigenvalue weighted by Gasteiger charge is 2.24. The number of nitrogens with one attached hydrogen (secondary N) is 1. The van der Waals surface area contributed by atoms with Crippen LogP contribution in [0.5, 0.6) is 0 Å². The molecule has 0 saturated heterocycles. The predicted octanol–water partition coefficient (Wildman–Crippen LogP) is 4.01. The van der Waals surface area contributed by atoms with Gasteiger partial charge in [0.1, 0.15) is 5.82 Å². The molecule has 120 valence electrons. The summed E-state index contributed by atoms with van der Waals surface area (Å²) in [5, 5.41) is 3.48. The number of aromatic nitrogens is 1. The summed E-state index contributed by atoms with van der Waals surface area (Å²) in [4.78, 5) is 7.07. The first-order valence-corrected chi connectivity index (χ1v) is 8.03. The largest absolute Gasteiger partial charge is 0.356 e. The molecule has 21 heavy (non-hydrogen) atoms. The molecular formula is C18H33N3. The molecule has 0 aliphatic heterocycles. The van der Waals surface area contributed by atoms with Gasteiger partial charge in [-0.15, -0.1) is 0 Å². The number of rotatable bonds is 6. The molecule has 3 nitrogen and oxygen atoms in total. The second kappa shape index (κ2) is 7.26. The lowest BCUT2D eigenvalue weighted by molar-refractivity contribution is 0.328. The summed E-state index contributed by atoms with van der Waals surface area (Å²) < 4.78 is 0. The van der Waals surface area contributed by atoms with Gasteiger partial charge in [-0.05, 0) is 43.4 Å². The lowest BCUT2D eigenvalue weighted by Gasteiger charge is -2.36. The molecule has 0 spiro atoms. The molecule has 0 bridgehead atoms. The van der Waals surface area contributed by atoms with Crippen LogP contribution in [0.25, 0.3) is 0 Å². The Labute approximate surface area is 131 Å². The van der Waals surface area contributed by atoms with Crippen molar-refractivity contribution in [2.24, 2.45) is 11.3 Å². The summed E-state index contributed by atoms with van der Waals surface area (Å²) in [5.74, 6) is 1.74. The monoisotopic (exact) mass is 291 g/mol. The minimum atomic E-state index is 0.238. The summed E-state index contributed by atoms with van der Waals surface area (Å²) in [6.45, 7) is 17.6. The van der Waals surface area contributed by atoms with Crippen LogP contribution in [0.4, 0.5) is 5.82 Å².